The molecule has 0 amide bonds. The van der Waals surface area contributed by atoms with Crippen LogP contribution in [0.2, 0.25) is 0 Å². The Hall–Kier alpha value is -1.80. The molecule has 0 fully saturated rings. The first kappa shape index (κ1) is 13.6. The number of hydrogen-bond acceptors (Lipinski definition) is 2. The van der Waals surface area contributed by atoms with Gasteiger partial charge in [-0.3, -0.25) is 0 Å². The molecule has 0 heterocycles. The van der Waals surface area contributed by atoms with Crippen LogP contribution in [0.15, 0.2) is 36.4 Å². The second-order valence-electron chi connectivity index (χ2n) is 4.96. The molecule has 0 radical (unpaired) electrons. The zero-order valence-corrected chi connectivity index (χ0v) is 11.9. The summed E-state index contributed by atoms with van der Waals surface area (Å²) in [6.07, 6.45) is -0.656. The van der Waals surface area contributed by atoms with Gasteiger partial charge < -0.3 is 9.84 Å². The number of ether oxygens (including phenoxy) is 1. The zero-order chi connectivity index (χ0) is 14.0. The minimum absolute atomic E-state index is 0.656. The maximum absolute atomic E-state index is 10.7. The highest BCUT2D eigenvalue weighted by atomic mass is 16.5. The molecule has 0 spiro atoms. The molecule has 0 aliphatic rings. The maximum Gasteiger partial charge on any atom is 0.125 e. The normalized spacial score (nSPS) is 12.3. The first-order valence-corrected chi connectivity index (χ1v) is 6.43. The first-order valence-electron chi connectivity index (χ1n) is 6.43. The van der Waals surface area contributed by atoms with E-state index < -0.39 is 6.10 Å². The van der Waals surface area contributed by atoms with Gasteiger partial charge in [0.05, 0.1) is 7.11 Å². The number of rotatable bonds is 3. The van der Waals surface area contributed by atoms with E-state index >= 15 is 0 Å². The van der Waals surface area contributed by atoms with Crippen LogP contribution in [0, 0.1) is 20.8 Å². The van der Waals surface area contributed by atoms with E-state index in [2.05, 4.69) is 6.07 Å². The summed E-state index contributed by atoms with van der Waals surface area (Å²) in [6.45, 7) is 6.04. The van der Waals surface area contributed by atoms with Crippen molar-refractivity contribution in [2.75, 3.05) is 7.11 Å². The molecule has 1 unspecified atom stereocenters. The van der Waals surface area contributed by atoms with Crippen LogP contribution in [0.25, 0.3) is 0 Å². The number of aliphatic hydroxyl groups is 1. The van der Waals surface area contributed by atoms with Crippen molar-refractivity contribution in [3.8, 4) is 5.75 Å². The van der Waals surface area contributed by atoms with Crippen molar-refractivity contribution in [1.82, 2.24) is 0 Å². The Kier molecular flexibility index (Phi) is 3.91. The second-order valence-corrected chi connectivity index (χ2v) is 4.96. The van der Waals surface area contributed by atoms with E-state index in [1.807, 2.05) is 51.1 Å². The fourth-order valence-electron chi connectivity index (χ4n) is 2.51. The topological polar surface area (TPSA) is 29.5 Å². The van der Waals surface area contributed by atoms with Gasteiger partial charge in [0.2, 0.25) is 0 Å². The van der Waals surface area contributed by atoms with E-state index in [-0.39, 0.29) is 0 Å². The van der Waals surface area contributed by atoms with Gasteiger partial charge in [-0.05, 0) is 49.1 Å². The van der Waals surface area contributed by atoms with Gasteiger partial charge >= 0.3 is 0 Å². The van der Waals surface area contributed by atoms with Crippen LogP contribution in [0.5, 0.6) is 5.75 Å². The third kappa shape index (κ3) is 2.64. The van der Waals surface area contributed by atoms with Crippen LogP contribution in [-0.4, -0.2) is 12.2 Å². The average Bonchev–Trinajstić information content (AvgIpc) is 2.37. The van der Waals surface area contributed by atoms with Gasteiger partial charge in [-0.15, -0.1) is 0 Å². The quantitative estimate of drug-likeness (QED) is 0.907. The largest absolute Gasteiger partial charge is 0.496 e. The summed E-state index contributed by atoms with van der Waals surface area (Å²) >= 11 is 0. The van der Waals surface area contributed by atoms with Gasteiger partial charge in [-0.1, -0.05) is 30.3 Å². The molecule has 0 saturated carbocycles. The highest BCUT2D eigenvalue weighted by molar-refractivity contribution is 5.48. The molecule has 0 saturated heterocycles. The van der Waals surface area contributed by atoms with Gasteiger partial charge in [-0.2, -0.15) is 0 Å². The Morgan fingerprint density at radius 3 is 2.32 bits per heavy atom. The predicted octanol–water partition coefficient (Wildman–Crippen LogP) is 3.70. The summed E-state index contributed by atoms with van der Waals surface area (Å²) in [5.41, 5.74) is 5.04. The third-order valence-corrected chi connectivity index (χ3v) is 3.47. The van der Waals surface area contributed by atoms with E-state index in [4.69, 9.17) is 4.74 Å². The van der Waals surface area contributed by atoms with Crippen molar-refractivity contribution in [2.24, 2.45) is 0 Å². The summed E-state index contributed by atoms with van der Waals surface area (Å²) < 4.78 is 5.43. The molecule has 1 N–H and O–H groups in total. The lowest BCUT2D eigenvalue weighted by Crippen LogP contribution is -2.06. The van der Waals surface area contributed by atoms with E-state index in [0.717, 1.165) is 33.6 Å². The van der Waals surface area contributed by atoms with Crippen LogP contribution in [-0.2, 0) is 0 Å². The molecule has 0 aliphatic heterocycles. The fourth-order valence-corrected chi connectivity index (χ4v) is 2.51. The lowest BCUT2D eigenvalue weighted by Gasteiger charge is -2.20. The summed E-state index contributed by atoms with van der Waals surface area (Å²) in [5, 5.41) is 10.7. The number of methoxy groups -OCH3 is 1. The third-order valence-electron chi connectivity index (χ3n) is 3.47. The Balaban J connectivity index is 2.56. The van der Waals surface area contributed by atoms with Crippen LogP contribution >= 0.6 is 0 Å². The monoisotopic (exact) mass is 256 g/mol. The number of aliphatic hydroxyl groups excluding tert-OH is 1. The molecule has 2 heteroatoms. The lowest BCUT2D eigenvalue weighted by atomic mass is 9.93. The lowest BCUT2D eigenvalue weighted by molar-refractivity contribution is 0.213. The van der Waals surface area contributed by atoms with Crippen LogP contribution < -0.4 is 4.74 Å². The fraction of sp³-hybridized carbons (Fsp3) is 0.294. The molecule has 19 heavy (non-hydrogen) atoms. The Morgan fingerprint density at radius 1 is 1.00 bits per heavy atom. The Labute approximate surface area is 114 Å². The highest BCUT2D eigenvalue weighted by Gasteiger charge is 2.19. The van der Waals surface area contributed by atoms with E-state index in [1.165, 1.54) is 0 Å². The standard InChI is InChI=1S/C17H20O2/c1-11-9-13(3)16(15(10-11)19-4)17(18)14-8-6-5-7-12(14)2/h5-10,17-18H,1-4H3. The number of aryl methyl sites for hydroxylation is 3. The molecule has 2 rings (SSSR count). The summed E-state index contributed by atoms with van der Waals surface area (Å²) in [5.74, 6) is 0.744. The van der Waals surface area contributed by atoms with Gasteiger partial charge in [-0.25, -0.2) is 0 Å². The molecule has 1 atom stereocenters. The predicted molar refractivity (Wildman–Crippen MR) is 77.7 cm³/mol. The smallest absolute Gasteiger partial charge is 0.125 e. The molecule has 0 aliphatic carbocycles. The van der Waals surface area contributed by atoms with Crippen molar-refractivity contribution in [3.05, 3.63) is 64.2 Å². The summed E-state index contributed by atoms with van der Waals surface area (Å²) in [6, 6.07) is 11.9. The second kappa shape index (κ2) is 5.45. The van der Waals surface area contributed by atoms with Gasteiger partial charge in [0.1, 0.15) is 11.9 Å². The van der Waals surface area contributed by atoms with Crippen molar-refractivity contribution in [1.29, 1.82) is 0 Å². The van der Waals surface area contributed by atoms with Crippen molar-refractivity contribution < 1.29 is 9.84 Å². The van der Waals surface area contributed by atoms with Crippen LogP contribution in [0.4, 0.5) is 0 Å². The first-order chi connectivity index (χ1) is 9.04. The molecule has 2 nitrogen and oxygen atoms in total. The molecule has 0 aromatic heterocycles. The molecule has 100 valence electrons. The van der Waals surface area contributed by atoms with Crippen LogP contribution in [0.1, 0.15) is 33.9 Å². The van der Waals surface area contributed by atoms with E-state index in [0.29, 0.717) is 0 Å². The number of benzene rings is 2. The van der Waals surface area contributed by atoms with E-state index in [1.54, 1.807) is 7.11 Å². The summed E-state index contributed by atoms with van der Waals surface area (Å²) in [4.78, 5) is 0. The maximum atomic E-state index is 10.7. The Morgan fingerprint density at radius 2 is 1.68 bits per heavy atom. The molecular weight excluding hydrogens is 236 g/mol. The minimum Gasteiger partial charge on any atom is -0.496 e. The highest BCUT2D eigenvalue weighted by Crippen LogP contribution is 2.34. The minimum atomic E-state index is -0.656. The Bertz CT molecular complexity index is 588. The molecular formula is C17H20O2. The molecule has 2 aromatic carbocycles. The average molecular weight is 256 g/mol. The van der Waals surface area contributed by atoms with Gasteiger partial charge in [0.25, 0.3) is 0 Å². The van der Waals surface area contributed by atoms with Gasteiger partial charge in [0.15, 0.2) is 0 Å². The SMILES string of the molecule is COc1cc(C)cc(C)c1C(O)c1ccccc1C. The number of hydrogen-bond donors (Lipinski definition) is 1. The zero-order valence-electron chi connectivity index (χ0n) is 11.9. The van der Waals surface area contributed by atoms with Crippen molar-refractivity contribution >= 4 is 0 Å². The van der Waals surface area contributed by atoms with E-state index in [9.17, 15) is 5.11 Å². The molecule has 0 bridgehead atoms. The summed E-state index contributed by atoms with van der Waals surface area (Å²) in [7, 11) is 1.64. The van der Waals surface area contributed by atoms with Gasteiger partial charge in [0, 0.05) is 5.56 Å². The van der Waals surface area contributed by atoms with Crippen LogP contribution in [0.3, 0.4) is 0 Å². The molecule has 2 aromatic rings. The van der Waals surface area contributed by atoms with Crippen molar-refractivity contribution in [2.45, 2.75) is 26.9 Å². The van der Waals surface area contributed by atoms with Crippen molar-refractivity contribution in [3.63, 3.8) is 0 Å².